The molecule has 1 aromatic heterocycles. The number of amides is 1. The molecule has 2 atom stereocenters. The fourth-order valence-corrected chi connectivity index (χ4v) is 5.26. The Labute approximate surface area is 223 Å². The van der Waals surface area contributed by atoms with E-state index >= 15 is 0 Å². The number of pyridine rings is 1. The number of anilines is 1. The molecule has 10 nitrogen and oxygen atoms in total. The van der Waals surface area contributed by atoms with Crippen LogP contribution in [0.1, 0.15) is 40.5 Å². The van der Waals surface area contributed by atoms with Crippen LogP contribution in [0.25, 0.3) is 10.9 Å². The summed E-state index contributed by atoms with van der Waals surface area (Å²) in [6.45, 7) is 5.47. The van der Waals surface area contributed by atoms with Gasteiger partial charge in [-0.05, 0) is 62.4 Å². The molecule has 2 heterocycles. The maximum atomic E-state index is 11.9. The number of hydrogen-bond acceptors (Lipinski definition) is 7. The molecule has 1 amide bonds. The van der Waals surface area contributed by atoms with Crippen molar-refractivity contribution in [1.82, 2.24) is 14.4 Å². The first-order valence-electron chi connectivity index (χ1n) is 12.1. The number of carbonyl (C=O) groups is 2. The third-order valence-corrected chi connectivity index (χ3v) is 7.22. The summed E-state index contributed by atoms with van der Waals surface area (Å²) in [5, 5.41) is 11.4. The molecule has 0 spiro atoms. The molecule has 3 aromatic rings. The van der Waals surface area contributed by atoms with Crippen molar-refractivity contribution >= 4 is 39.7 Å². The second-order valence-corrected chi connectivity index (χ2v) is 9.92. The van der Waals surface area contributed by atoms with E-state index in [1.165, 1.54) is 0 Å². The van der Waals surface area contributed by atoms with E-state index in [0.29, 0.717) is 42.6 Å². The molecular formula is C27H28N5O5S-. The lowest BCUT2D eigenvalue weighted by Crippen LogP contribution is -2.57. The standard InChI is InChI=1S/C27H29N5O5S/c1-18-15-24(27(28)35)23-17-21(7-10-25(23)29-18)4-3-20-5-8-22(9-6-20)30-11-13-31(14-12-30)32(38(36)37)19(2)16-26(33)34/h5-10,15,17,19H,11-14,16H2,1-2H3,(H2,28,35)(H,33,34)(H,36,37)/p-1. The normalized spacial score (nSPS) is 15.6. The molecule has 1 aliphatic heterocycles. The first-order chi connectivity index (χ1) is 18.1. The highest BCUT2D eigenvalue weighted by molar-refractivity contribution is 7.76. The van der Waals surface area contributed by atoms with E-state index < -0.39 is 29.2 Å². The second kappa shape index (κ2) is 11.7. The minimum absolute atomic E-state index is 0.265. The van der Waals surface area contributed by atoms with Crippen LogP contribution in [0.5, 0.6) is 0 Å². The number of nitrogens with two attached hydrogens (primary N) is 1. The lowest BCUT2D eigenvalue weighted by molar-refractivity contribution is -0.139. The van der Waals surface area contributed by atoms with Crippen molar-refractivity contribution in [2.24, 2.45) is 5.73 Å². The smallest absolute Gasteiger partial charge is 0.305 e. The number of aliphatic carboxylic acids is 1. The number of carboxylic acids is 1. The van der Waals surface area contributed by atoms with Crippen molar-refractivity contribution in [2.75, 3.05) is 31.1 Å². The van der Waals surface area contributed by atoms with Crippen molar-refractivity contribution in [1.29, 1.82) is 0 Å². The van der Waals surface area contributed by atoms with Crippen LogP contribution in [-0.2, 0) is 16.1 Å². The van der Waals surface area contributed by atoms with Gasteiger partial charge in [0.25, 0.3) is 0 Å². The van der Waals surface area contributed by atoms with Crippen LogP contribution in [-0.4, -0.2) is 72.4 Å². The molecule has 0 aliphatic carbocycles. The molecular weight excluding hydrogens is 506 g/mol. The molecule has 3 N–H and O–H groups in total. The fraction of sp³-hybridized carbons (Fsp3) is 0.296. The van der Waals surface area contributed by atoms with Crippen molar-refractivity contribution in [3.63, 3.8) is 0 Å². The highest BCUT2D eigenvalue weighted by Gasteiger charge is 2.28. The molecule has 0 bridgehead atoms. The molecule has 38 heavy (non-hydrogen) atoms. The number of benzene rings is 2. The SMILES string of the molecule is Cc1cc(C(N)=O)c2cc(C#Cc3ccc(N4CCN(N(C(C)CC(=O)O)S(=O)[O-])CC4)cc3)ccc2n1. The van der Waals surface area contributed by atoms with Gasteiger partial charge < -0.3 is 20.3 Å². The molecule has 2 unspecified atom stereocenters. The van der Waals surface area contributed by atoms with Gasteiger partial charge in [0, 0.05) is 71.4 Å². The summed E-state index contributed by atoms with van der Waals surface area (Å²) in [6, 6.07) is 14.3. The molecule has 1 fully saturated rings. The zero-order valence-electron chi connectivity index (χ0n) is 21.1. The number of carboxylic acid groups (broad SMARTS) is 1. The monoisotopic (exact) mass is 534 g/mol. The van der Waals surface area contributed by atoms with Crippen LogP contribution in [0, 0.1) is 18.8 Å². The Morgan fingerprint density at radius 1 is 1.11 bits per heavy atom. The first-order valence-corrected chi connectivity index (χ1v) is 13.1. The molecule has 4 rings (SSSR count). The third kappa shape index (κ3) is 6.35. The van der Waals surface area contributed by atoms with Gasteiger partial charge in [-0.3, -0.25) is 18.8 Å². The number of aromatic nitrogens is 1. The summed E-state index contributed by atoms with van der Waals surface area (Å²) >= 11 is -2.55. The lowest BCUT2D eigenvalue weighted by Gasteiger charge is -2.44. The number of piperazine rings is 1. The maximum absolute atomic E-state index is 11.9. The maximum Gasteiger partial charge on any atom is 0.305 e. The van der Waals surface area contributed by atoms with Crippen LogP contribution >= 0.6 is 0 Å². The summed E-state index contributed by atoms with van der Waals surface area (Å²) in [7, 11) is 0. The van der Waals surface area contributed by atoms with Gasteiger partial charge in [-0.25, -0.2) is 5.01 Å². The number of nitrogens with zero attached hydrogens (tertiary/aromatic N) is 4. The zero-order chi connectivity index (χ0) is 27.4. The van der Waals surface area contributed by atoms with Gasteiger partial charge in [-0.15, -0.1) is 0 Å². The molecule has 0 saturated carbocycles. The summed E-state index contributed by atoms with van der Waals surface area (Å²) < 4.78 is 24.6. The van der Waals surface area contributed by atoms with E-state index in [4.69, 9.17) is 10.8 Å². The Bertz CT molecular complexity index is 1440. The zero-order valence-corrected chi connectivity index (χ0v) is 21.9. The number of aryl methyl sites for hydroxylation is 1. The van der Waals surface area contributed by atoms with Crippen LogP contribution < -0.4 is 10.6 Å². The van der Waals surface area contributed by atoms with Crippen molar-refractivity contribution in [3.8, 4) is 11.8 Å². The summed E-state index contributed by atoms with van der Waals surface area (Å²) in [5.41, 5.74) is 9.92. The molecule has 2 aromatic carbocycles. The van der Waals surface area contributed by atoms with Gasteiger partial charge >= 0.3 is 5.97 Å². The van der Waals surface area contributed by atoms with Gasteiger partial charge in [-0.1, -0.05) is 11.8 Å². The lowest BCUT2D eigenvalue weighted by atomic mass is 10.0. The van der Waals surface area contributed by atoms with E-state index in [9.17, 15) is 18.4 Å². The van der Waals surface area contributed by atoms with Gasteiger partial charge in [0.2, 0.25) is 5.91 Å². The van der Waals surface area contributed by atoms with Gasteiger partial charge in [0.15, 0.2) is 0 Å². The number of hydrogen-bond donors (Lipinski definition) is 2. The second-order valence-electron chi connectivity index (χ2n) is 9.11. The van der Waals surface area contributed by atoms with Gasteiger partial charge in [0.1, 0.15) is 0 Å². The van der Waals surface area contributed by atoms with Crippen molar-refractivity contribution in [2.45, 2.75) is 26.3 Å². The average Bonchev–Trinajstić information content (AvgIpc) is 2.87. The summed E-state index contributed by atoms with van der Waals surface area (Å²) in [5.74, 6) is 4.72. The topological polar surface area (TPSA) is 143 Å². The molecule has 1 aliphatic rings. The minimum atomic E-state index is -2.55. The Balaban J connectivity index is 1.43. The minimum Gasteiger partial charge on any atom is -0.759 e. The Morgan fingerprint density at radius 3 is 2.34 bits per heavy atom. The summed E-state index contributed by atoms with van der Waals surface area (Å²) in [4.78, 5) is 29.5. The van der Waals surface area contributed by atoms with Gasteiger partial charge in [0.05, 0.1) is 17.5 Å². The Morgan fingerprint density at radius 2 is 1.74 bits per heavy atom. The molecule has 11 heteroatoms. The first kappa shape index (κ1) is 27.2. The highest BCUT2D eigenvalue weighted by Crippen LogP contribution is 2.21. The number of carbonyl (C=O) groups excluding carboxylic acids is 1. The predicted molar refractivity (Wildman–Crippen MR) is 144 cm³/mol. The van der Waals surface area contributed by atoms with Crippen LogP contribution in [0.2, 0.25) is 0 Å². The van der Waals surface area contributed by atoms with E-state index in [1.54, 1.807) is 18.0 Å². The summed E-state index contributed by atoms with van der Waals surface area (Å²) in [6.07, 6.45) is -0.265. The van der Waals surface area contributed by atoms with Crippen molar-refractivity contribution in [3.05, 3.63) is 70.9 Å². The largest absolute Gasteiger partial charge is 0.759 e. The van der Waals surface area contributed by atoms with E-state index in [1.807, 2.05) is 49.4 Å². The molecule has 1 saturated heterocycles. The number of fused-ring (bicyclic) bond motifs is 1. The number of rotatable bonds is 7. The fourth-order valence-electron chi connectivity index (χ4n) is 4.54. The van der Waals surface area contributed by atoms with Gasteiger partial charge in [-0.2, -0.15) is 4.41 Å². The van der Waals surface area contributed by atoms with E-state index in [-0.39, 0.29) is 6.42 Å². The number of primary amides is 1. The van der Waals surface area contributed by atoms with Crippen molar-refractivity contribution < 1.29 is 23.5 Å². The molecule has 198 valence electrons. The predicted octanol–water partition coefficient (Wildman–Crippen LogP) is 2.04. The highest BCUT2D eigenvalue weighted by atomic mass is 32.2. The average molecular weight is 535 g/mol. The van der Waals surface area contributed by atoms with Crippen LogP contribution in [0.4, 0.5) is 5.69 Å². The Hall–Kier alpha value is -3.82. The van der Waals surface area contributed by atoms with E-state index in [2.05, 4.69) is 21.7 Å². The van der Waals surface area contributed by atoms with E-state index in [0.717, 1.165) is 26.9 Å². The molecule has 0 radical (unpaired) electrons. The number of hydrazine groups is 1. The van der Waals surface area contributed by atoms with Crippen LogP contribution in [0.3, 0.4) is 0 Å². The third-order valence-electron chi connectivity index (χ3n) is 6.32. The van der Waals surface area contributed by atoms with Crippen LogP contribution in [0.15, 0.2) is 48.5 Å². The quantitative estimate of drug-likeness (QED) is 0.346. The Kier molecular flexibility index (Phi) is 8.38.